The second kappa shape index (κ2) is 6.14. The summed E-state index contributed by atoms with van der Waals surface area (Å²) in [6.45, 7) is 3.03. The smallest absolute Gasteiger partial charge is 0.0860 e. The molecule has 3 heteroatoms. The first kappa shape index (κ1) is 10.7. The molecule has 0 fully saturated rings. The van der Waals surface area contributed by atoms with Gasteiger partial charge in [-0.05, 0) is 12.5 Å². The van der Waals surface area contributed by atoms with E-state index in [0.717, 1.165) is 5.56 Å². The Morgan fingerprint density at radius 1 is 1.43 bits per heavy atom. The molecule has 0 spiro atoms. The Morgan fingerprint density at radius 2 is 2.14 bits per heavy atom. The first-order valence-corrected chi connectivity index (χ1v) is 4.67. The highest BCUT2D eigenvalue weighted by Gasteiger charge is 2.08. The van der Waals surface area contributed by atoms with E-state index in [1.807, 2.05) is 37.3 Å². The average Bonchev–Trinajstić information content (AvgIpc) is 2.26. The third-order valence-electron chi connectivity index (χ3n) is 1.89. The van der Waals surface area contributed by atoms with E-state index in [4.69, 9.17) is 10.1 Å². The molecule has 14 heavy (non-hydrogen) atoms. The van der Waals surface area contributed by atoms with Gasteiger partial charge in [-0.3, -0.25) is 0 Å². The standard InChI is InChI=1S/C11H14N2O/c1-2-14-13-9-11(8-12)10-6-4-3-5-7-10/h3-7,11,13H,2,9H2,1H3. The molecule has 74 valence electrons. The van der Waals surface area contributed by atoms with Crippen LogP contribution in [0.1, 0.15) is 18.4 Å². The molecule has 1 aromatic rings. The summed E-state index contributed by atoms with van der Waals surface area (Å²) in [5, 5.41) is 8.93. The minimum atomic E-state index is -0.150. The average molecular weight is 190 g/mol. The molecule has 1 unspecified atom stereocenters. The zero-order valence-electron chi connectivity index (χ0n) is 8.23. The largest absolute Gasteiger partial charge is 0.302 e. The first-order valence-electron chi connectivity index (χ1n) is 4.67. The fourth-order valence-electron chi connectivity index (χ4n) is 1.17. The Bertz CT molecular complexity index is 292. The molecular formula is C11H14N2O. The summed E-state index contributed by atoms with van der Waals surface area (Å²) in [6, 6.07) is 11.9. The van der Waals surface area contributed by atoms with Crippen LogP contribution in [0.3, 0.4) is 0 Å². The van der Waals surface area contributed by atoms with Crippen molar-refractivity contribution in [2.24, 2.45) is 0 Å². The summed E-state index contributed by atoms with van der Waals surface area (Å²) < 4.78 is 0. The predicted molar refractivity (Wildman–Crippen MR) is 54.4 cm³/mol. The molecule has 3 nitrogen and oxygen atoms in total. The Kier molecular flexibility index (Phi) is 4.70. The number of nitriles is 1. The van der Waals surface area contributed by atoms with Crippen molar-refractivity contribution in [3.05, 3.63) is 35.9 Å². The van der Waals surface area contributed by atoms with E-state index in [-0.39, 0.29) is 5.92 Å². The maximum atomic E-state index is 8.93. The number of nitrogens with one attached hydrogen (secondary N) is 1. The van der Waals surface area contributed by atoms with Gasteiger partial charge in [0, 0.05) is 6.54 Å². The molecule has 1 rings (SSSR count). The summed E-state index contributed by atoms with van der Waals surface area (Å²) in [6.07, 6.45) is 0. The van der Waals surface area contributed by atoms with Crippen molar-refractivity contribution < 1.29 is 4.84 Å². The van der Waals surface area contributed by atoms with Crippen LogP contribution in [0, 0.1) is 11.3 Å². The van der Waals surface area contributed by atoms with Gasteiger partial charge in [-0.1, -0.05) is 30.3 Å². The topological polar surface area (TPSA) is 45.0 Å². The molecule has 0 amide bonds. The molecule has 0 aliphatic heterocycles. The number of nitrogens with zero attached hydrogens (tertiary/aromatic N) is 1. The molecule has 0 aliphatic rings. The van der Waals surface area contributed by atoms with E-state index in [9.17, 15) is 0 Å². The molecule has 0 aliphatic carbocycles. The second-order valence-electron chi connectivity index (χ2n) is 2.87. The number of hydrogen-bond acceptors (Lipinski definition) is 3. The molecule has 1 atom stereocenters. The Morgan fingerprint density at radius 3 is 2.71 bits per heavy atom. The molecular weight excluding hydrogens is 176 g/mol. The maximum Gasteiger partial charge on any atom is 0.0860 e. The minimum Gasteiger partial charge on any atom is -0.302 e. The van der Waals surface area contributed by atoms with Gasteiger partial charge in [0.15, 0.2) is 0 Å². The monoisotopic (exact) mass is 190 g/mol. The van der Waals surface area contributed by atoms with E-state index >= 15 is 0 Å². The number of hydroxylamine groups is 1. The van der Waals surface area contributed by atoms with Crippen LogP contribution in [-0.4, -0.2) is 13.2 Å². The lowest BCUT2D eigenvalue weighted by atomic mass is 10.0. The minimum absolute atomic E-state index is 0.150. The van der Waals surface area contributed by atoms with Gasteiger partial charge in [-0.2, -0.15) is 5.26 Å². The van der Waals surface area contributed by atoms with E-state index < -0.39 is 0 Å². The third kappa shape index (κ3) is 3.17. The lowest BCUT2D eigenvalue weighted by molar-refractivity contribution is 0.0499. The lowest BCUT2D eigenvalue weighted by Crippen LogP contribution is -2.21. The van der Waals surface area contributed by atoms with E-state index in [0.29, 0.717) is 13.2 Å². The van der Waals surface area contributed by atoms with Crippen LogP contribution >= 0.6 is 0 Å². The highest BCUT2D eigenvalue weighted by atomic mass is 16.6. The maximum absolute atomic E-state index is 8.93. The van der Waals surface area contributed by atoms with Crippen molar-refractivity contribution in [3.63, 3.8) is 0 Å². The number of rotatable bonds is 5. The van der Waals surface area contributed by atoms with Crippen LogP contribution in [0.15, 0.2) is 30.3 Å². The van der Waals surface area contributed by atoms with E-state index in [2.05, 4.69) is 11.5 Å². The molecule has 0 saturated heterocycles. The zero-order valence-corrected chi connectivity index (χ0v) is 8.23. The second-order valence-corrected chi connectivity index (χ2v) is 2.87. The normalized spacial score (nSPS) is 12.0. The van der Waals surface area contributed by atoms with E-state index in [1.54, 1.807) is 0 Å². The third-order valence-corrected chi connectivity index (χ3v) is 1.89. The van der Waals surface area contributed by atoms with Crippen molar-refractivity contribution in [1.82, 2.24) is 5.48 Å². The molecule has 0 radical (unpaired) electrons. The van der Waals surface area contributed by atoms with Crippen LogP contribution in [0.5, 0.6) is 0 Å². The van der Waals surface area contributed by atoms with Gasteiger partial charge < -0.3 is 4.84 Å². The van der Waals surface area contributed by atoms with Crippen molar-refractivity contribution in [2.75, 3.05) is 13.2 Å². The Labute approximate surface area is 84.3 Å². The van der Waals surface area contributed by atoms with Crippen LogP contribution in [0.4, 0.5) is 0 Å². The lowest BCUT2D eigenvalue weighted by Gasteiger charge is -2.09. The Balaban J connectivity index is 2.52. The van der Waals surface area contributed by atoms with Gasteiger partial charge in [0.05, 0.1) is 18.6 Å². The summed E-state index contributed by atoms with van der Waals surface area (Å²) in [4.78, 5) is 4.99. The molecule has 1 aromatic carbocycles. The van der Waals surface area contributed by atoms with Gasteiger partial charge >= 0.3 is 0 Å². The quantitative estimate of drug-likeness (QED) is 0.569. The van der Waals surface area contributed by atoms with E-state index in [1.165, 1.54) is 0 Å². The Hall–Kier alpha value is -1.37. The SMILES string of the molecule is CCONCC(C#N)c1ccccc1. The molecule has 0 saturated carbocycles. The van der Waals surface area contributed by atoms with Crippen LogP contribution in [0.25, 0.3) is 0 Å². The van der Waals surface area contributed by atoms with Gasteiger partial charge in [-0.25, -0.2) is 5.48 Å². The summed E-state index contributed by atoms with van der Waals surface area (Å²) in [7, 11) is 0. The van der Waals surface area contributed by atoms with Gasteiger partial charge in [0.25, 0.3) is 0 Å². The summed E-state index contributed by atoms with van der Waals surface area (Å²) in [5.74, 6) is -0.150. The first-order chi connectivity index (χ1) is 6.88. The zero-order chi connectivity index (χ0) is 10.2. The highest BCUT2D eigenvalue weighted by molar-refractivity contribution is 5.24. The molecule has 0 aromatic heterocycles. The summed E-state index contributed by atoms with van der Waals surface area (Å²) in [5.41, 5.74) is 3.78. The number of hydrogen-bond donors (Lipinski definition) is 1. The fourth-order valence-corrected chi connectivity index (χ4v) is 1.17. The highest BCUT2D eigenvalue weighted by Crippen LogP contribution is 2.12. The van der Waals surface area contributed by atoms with Crippen LogP contribution in [0.2, 0.25) is 0 Å². The van der Waals surface area contributed by atoms with Crippen molar-refractivity contribution in [3.8, 4) is 6.07 Å². The van der Waals surface area contributed by atoms with Gasteiger partial charge in [0.2, 0.25) is 0 Å². The van der Waals surface area contributed by atoms with Crippen molar-refractivity contribution in [2.45, 2.75) is 12.8 Å². The van der Waals surface area contributed by atoms with Gasteiger partial charge in [0.1, 0.15) is 0 Å². The molecule has 0 bridgehead atoms. The van der Waals surface area contributed by atoms with Crippen LogP contribution in [-0.2, 0) is 4.84 Å². The molecule has 0 heterocycles. The fraction of sp³-hybridized carbons (Fsp3) is 0.364. The number of benzene rings is 1. The molecule has 1 N–H and O–H groups in total. The predicted octanol–water partition coefficient (Wildman–Crippen LogP) is 1.83. The van der Waals surface area contributed by atoms with Crippen molar-refractivity contribution >= 4 is 0 Å². The van der Waals surface area contributed by atoms with Crippen molar-refractivity contribution in [1.29, 1.82) is 5.26 Å². The van der Waals surface area contributed by atoms with Gasteiger partial charge in [-0.15, -0.1) is 0 Å². The van der Waals surface area contributed by atoms with Crippen LogP contribution < -0.4 is 5.48 Å². The summed E-state index contributed by atoms with van der Waals surface area (Å²) >= 11 is 0.